The minimum absolute atomic E-state index is 0.197. The van der Waals surface area contributed by atoms with E-state index >= 15 is 0 Å². The van der Waals surface area contributed by atoms with Crippen molar-refractivity contribution in [2.75, 3.05) is 0 Å². The molecule has 0 aliphatic carbocycles. The van der Waals surface area contributed by atoms with Gasteiger partial charge in [0.1, 0.15) is 0 Å². The normalized spacial score (nSPS) is 13.1. The van der Waals surface area contributed by atoms with Crippen LogP contribution >= 0.6 is 15.9 Å². The van der Waals surface area contributed by atoms with Gasteiger partial charge in [-0.05, 0) is 48.5 Å². The number of hydrogen-bond acceptors (Lipinski definition) is 2. The molecule has 1 unspecified atom stereocenters. The third-order valence-corrected chi connectivity index (χ3v) is 3.80. The van der Waals surface area contributed by atoms with Crippen LogP contribution in [0.25, 0.3) is 0 Å². The summed E-state index contributed by atoms with van der Waals surface area (Å²) in [7, 11) is 0. The van der Waals surface area contributed by atoms with Crippen molar-refractivity contribution in [3.63, 3.8) is 0 Å². The topological polar surface area (TPSA) is 38.0 Å². The van der Waals surface area contributed by atoms with E-state index in [1.165, 1.54) is 5.69 Å². The van der Waals surface area contributed by atoms with Crippen LogP contribution in [0.5, 0.6) is 0 Å². The molecule has 92 valence electrons. The first kappa shape index (κ1) is 13.7. The molecule has 3 nitrogen and oxygen atoms in total. The van der Waals surface area contributed by atoms with Crippen molar-refractivity contribution in [1.82, 2.24) is 9.78 Å². The van der Waals surface area contributed by atoms with Crippen LogP contribution in [0, 0.1) is 0 Å². The number of nitrogens with zero attached hydrogens (tertiary/aromatic N) is 2. The predicted molar refractivity (Wildman–Crippen MR) is 69.6 cm³/mol. The zero-order valence-electron chi connectivity index (χ0n) is 10.3. The van der Waals surface area contributed by atoms with E-state index in [1.807, 2.05) is 11.6 Å². The Morgan fingerprint density at radius 1 is 1.38 bits per heavy atom. The quantitative estimate of drug-likeness (QED) is 0.874. The van der Waals surface area contributed by atoms with Gasteiger partial charge in [0.2, 0.25) is 0 Å². The van der Waals surface area contributed by atoms with Gasteiger partial charge in [0.25, 0.3) is 0 Å². The van der Waals surface area contributed by atoms with E-state index in [1.54, 1.807) is 0 Å². The Morgan fingerprint density at radius 3 is 2.56 bits per heavy atom. The molecule has 0 saturated heterocycles. The zero-order valence-corrected chi connectivity index (χ0v) is 11.9. The fourth-order valence-electron chi connectivity index (χ4n) is 1.76. The summed E-state index contributed by atoms with van der Waals surface area (Å²) in [5.74, 6) is 0. The molecule has 16 heavy (non-hydrogen) atoms. The lowest BCUT2D eigenvalue weighted by molar-refractivity contribution is 0.160. The average Bonchev–Trinajstić information content (AvgIpc) is 2.62. The van der Waals surface area contributed by atoms with Crippen molar-refractivity contribution in [2.24, 2.45) is 0 Å². The van der Waals surface area contributed by atoms with Crippen LogP contribution in [-0.4, -0.2) is 21.0 Å². The van der Waals surface area contributed by atoms with Crippen molar-refractivity contribution in [2.45, 2.75) is 59.1 Å². The van der Waals surface area contributed by atoms with Gasteiger partial charge in [-0.1, -0.05) is 13.8 Å². The van der Waals surface area contributed by atoms with Crippen LogP contribution in [0.2, 0.25) is 0 Å². The number of rotatable bonds is 6. The average molecular weight is 289 g/mol. The molecule has 0 aromatic carbocycles. The van der Waals surface area contributed by atoms with Crippen LogP contribution in [0.1, 0.15) is 45.0 Å². The van der Waals surface area contributed by atoms with E-state index in [-0.39, 0.29) is 6.10 Å². The molecule has 1 aromatic heterocycles. The van der Waals surface area contributed by atoms with E-state index in [2.05, 4.69) is 34.9 Å². The van der Waals surface area contributed by atoms with Gasteiger partial charge < -0.3 is 5.11 Å². The van der Waals surface area contributed by atoms with Gasteiger partial charge in [0.05, 0.1) is 22.0 Å². The second-order valence-corrected chi connectivity index (χ2v) is 4.77. The van der Waals surface area contributed by atoms with E-state index in [4.69, 9.17) is 0 Å². The second-order valence-electron chi connectivity index (χ2n) is 3.98. The Kier molecular flexibility index (Phi) is 5.49. The summed E-state index contributed by atoms with van der Waals surface area (Å²) in [5, 5.41) is 14.1. The van der Waals surface area contributed by atoms with Gasteiger partial charge in [-0.3, -0.25) is 4.68 Å². The monoisotopic (exact) mass is 288 g/mol. The fraction of sp³-hybridized carbons (Fsp3) is 0.750. The highest BCUT2D eigenvalue weighted by molar-refractivity contribution is 9.10. The largest absolute Gasteiger partial charge is 0.393 e. The first-order chi connectivity index (χ1) is 7.63. The molecule has 0 bridgehead atoms. The molecule has 0 radical (unpaired) electrons. The molecule has 1 atom stereocenters. The van der Waals surface area contributed by atoms with Gasteiger partial charge in [-0.15, -0.1) is 0 Å². The van der Waals surface area contributed by atoms with Crippen LogP contribution in [0.3, 0.4) is 0 Å². The Hall–Kier alpha value is -0.350. The van der Waals surface area contributed by atoms with Crippen LogP contribution in [0.15, 0.2) is 4.47 Å². The van der Waals surface area contributed by atoms with Crippen LogP contribution < -0.4 is 0 Å². The Morgan fingerprint density at radius 2 is 2.06 bits per heavy atom. The summed E-state index contributed by atoms with van der Waals surface area (Å²) in [5.41, 5.74) is 2.33. The highest BCUT2D eigenvalue weighted by Gasteiger charge is 2.14. The molecule has 0 fully saturated rings. The zero-order chi connectivity index (χ0) is 12.1. The molecule has 0 amide bonds. The number of aliphatic hydroxyl groups excluding tert-OH is 1. The van der Waals surface area contributed by atoms with Crippen molar-refractivity contribution >= 4 is 15.9 Å². The first-order valence-electron chi connectivity index (χ1n) is 6.06. The molecule has 0 spiro atoms. The van der Waals surface area contributed by atoms with Crippen LogP contribution in [-0.2, 0) is 19.4 Å². The number of aromatic nitrogens is 2. The third-order valence-electron chi connectivity index (χ3n) is 2.88. The van der Waals surface area contributed by atoms with Gasteiger partial charge in [0.15, 0.2) is 0 Å². The van der Waals surface area contributed by atoms with E-state index in [9.17, 15) is 5.11 Å². The maximum Gasteiger partial charge on any atom is 0.0766 e. The summed E-state index contributed by atoms with van der Waals surface area (Å²) >= 11 is 3.61. The highest BCUT2D eigenvalue weighted by atomic mass is 79.9. The van der Waals surface area contributed by atoms with E-state index in [0.29, 0.717) is 0 Å². The van der Waals surface area contributed by atoms with Gasteiger partial charge in [-0.2, -0.15) is 5.10 Å². The lowest BCUT2D eigenvalue weighted by Gasteiger charge is -2.09. The number of aryl methyl sites for hydroxylation is 2. The van der Waals surface area contributed by atoms with Gasteiger partial charge >= 0.3 is 0 Å². The standard InChI is InChI=1S/C12H21BrN2O/c1-4-9(16)7-8-11-12(13)10(5-2)14-15(11)6-3/h9,16H,4-8H2,1-3H3. The molecular weight excluding hydrogens is 268 g/mol. The highest BCUT2D eigenvalue weighted by Crippen LogP contribution is 2.24. The predicted octanol–water partition coefficient (Wildman–Crippen LogP) is 2.93. The SMILES string of the molecule is CCc1nn(CC)c(CCC(O)CC)c1Br. The molecule has 0 saturated carbocycles. The molecule has 1 N–H and O–H groups in total. The van der Waals surface area contributed by atoms with Gasteiger partial charge in [0, 0.05) is 6.54 Å². The molecule has 1 rings (SSSR count). The number of hydrogen-bond donors (Lipinski definition) is 1. The Balaban J connectivity index is 2.80. The lowest BCUT2D eigenvalue weighted by Crippen LogP contribution is -2.09. The minimum atomic E-state index is -0.197. The number of halogens is 1. The Labute approximate surface area is 106 Å². The van der Waals surface area contributed by atoms with Crippen molar-refractivity contribution in [1.29, 1.82) is 0 Å². The smallest absolute Gasteiger partial charge is 0.0766 e. The molecule has 1 aromatic rings. The lowest BCUT2D eigenvalue weighted by atomic mass is 10.1. The first-order valence-corrected chi connectivity index (χ1v) is 6.85. The molecular formula is C12H21BrN2O. The van der Waals surface area contributed by atoms with Crippen molar-refractivity contribution in [3.8, 4) is 0 Å². The second kappa shape index (κ2) is 6.40. The molecule has 0 aliphatic heterocycles. The summed E-state index contributed by atoms with van der Waals surface area (Å²) in [4.78, 5) is 0. The maximum absolute atomic E-state index is 9.59. The van der Waals surface area contributed by atoms with E-state index < -0.39 is 0 Å². The number of aliphatic hydroxyl groups is 1. The fourth-order valence-corrected chi connectivity index (χ4v) is 2.53. The summed E-state index contributed by atoms with van der Waals surface area (Å²) < 4.78 is 3.16. The van der Waals surface area contributed by atoms with Crippen LogP contribution in [0.4, 0.5) is 0 Å². The summed E-state index contributed by atoms with van der Waals surface area (Å²) in [6.45, 7) is 7.10. The molecule has 0 aliphatic rings. The maximum atomic E-state index is 9.59. The van der Waals surface area contributed by atoms with E-state index in [0.717, 1.165) is 42.4 Å². The van der Waals surface area contributed by atoms with Gasteiger partial charge in [-0.25, -0.2) is 0 Å². The molecule has 4 heteroatoms. The summed E-state index contributed by atoms with van der Waals surface area (Å²) in [6.07, 6.45) is 3.26. The van der Waals surface area contributed by atoms with Crippen molar-refractivity contribution in [3.05, 3.63) is 15.9 Å². The van der Waals surface area contributed by atoms with Crippen molar-refractivity contribution < 1.29 is 5.11 Å². The molecule has 1 heterocycles. The Bertz CT molecular complexity index is 336. The third kappa shape index (κ3) is 3.08. The minimum Gasteiger partial charge on any atom is -0.393 e. The summed E-state index contributed by atoms with van der Waals surface area (Å²) in [6, 6.07) is 0.